The van der Waals surface area contributed by atoms with Crippen LogP contribution < -0.4 is 24.4 Å². The number of nitrogens with one attached hydrogen (secondary N) is 1. The number of amides is 2. The number of carbonyl (C=O) groups is 2. The number of hydrogen-bond acceptors (Lipinski definition) is 6. The van der Waals surface area contributed by atoms with E-state index in [1.807, 2.05) is 35.7 Å². The van der Waals surface area contributed by atoms with Gasteiger partial charge in [-0.1, -0.05) is 6.07 Å². The molecule has 31 heavy (non-hydrogen) atoms. The topological polar surface area (TPSA) is 77.1 Å². The van der Waals surface area contributed by atoms with Crippen LogP contribution in [0.5, 0.6) is 17.2 Å². The maximum absolute atomic E-state index is 12.5. The Morgan fingerprint density at radius 1 is 1.16 bits per heavy atom. The number of fused-ring (bicyclic) bond motifs is 1. The molecule has 0 fully saturated rings. The third kappa shape index (κ3) is 4.97. The van der Waals surface area contributed by atoms with Gasteiger partial charge >= 0.3 is 0 Å². The van der Waals surface area contributed by atoms with E-state index in [-0.39, 0.29) is 18.4 Å². The van der Waals surface area contributed by atoms with E-state index in [0.29, 0.717) is 41.6 Å². The summed E-state index contributed by atoms with van der Waals surface area (Å²) in [5.41, 5.74) is 1.25. The third-order valence-corrected chi connectivity index (χ3v) is 5.63. The molecule has 4 rings (SSSR count). The van der Waals surface area contributed by atoms with E-state index in [9.17, 15) is 9.59 Å². The van der Waals surface area contributed by atoms with E-state index in [4.69, 9.17) is 14.2 Å². The fraction of sp³-hybridized carbons (Fsp3) is 0.217. The fourth-order valence-electron chi connectivity index (χ4n) is 3.21. The Kier molecular flexibility index (Phi) is 6.37. The average Bonchev–Trinajstić information content (AvgIpc) is 3.33. The molecule has 1 aliphatic heterocycles. The van der Waals surface area contributed by atoms with Crippen LogP contribution in [0.2, 0.25) is 0 Å². The Hall–Kier alpha value is -3.52. The minimum Gasteiger partial charge on any atom is -0.497 e. The smallest absolute Gasteiger partial charge is 0.265 e. The summed E-state index contributed by atoms with van der Waals surface area (Å²) in [6.45, 7) is 0.933. The van der Waals surface area contributed by atoms with Crippen LogP contribution >= 0.6 is 11.3 Å². The first-order chi connectivity index (χ1) is 15.1. The third-order valence-electron chi connectivity index (χ3n) is 4.76. The van der Waals surface area contributed by atoms with Gasteiger partial charge in [0.05, 0.1) is 24.3 Å². The molecule has 0 spiro atoms. The molecule has 1 aliphatic rings. The zero-order valence-electron chi connectivity index (χ0n) is 17.0. The number of nitrogens with zero attached hydrogens (tertiary/aromatic N) is 1. The molecule has 0 saturated carbocycles. The van der Waals surface area contributed by atoms with Crippen molar-refractivity contribution in [2.24, 2.45) is 0 Å². The van der Waals surface area contributed by atoms with Gasteiger partial charge in [-0.3, -0.25) is 9.59 Å². The van der Waals surface area contributed by atoms with Crippen molar-refractivity contribution in [3.63, 3.8) is 0 Å². The fourth-order valence-corrected chi connectivity index (χ4v) is 3.83. The summed E-state index contributed by atoms with van der Waals surface area (Å²) in [6, 6.07) is 16.3. The second kappa shape index (κ2) is 9.53. The molecule has 8 heteroatoms. The molecule has 160 valence electrons. The highest BCUT2D eigenvalue weighted by molar-refractivity contribution is 7.12. The summed E-state index contributed by atoms with van der Waals surface area (Å²) in [5.74, 6) is 1.82. The summed E-state index contributed by atoms with van der Waals surface area (Å²) in [4.78, 5) is 27.1. The second-order valence-electron chi connectivity index (χ2n) is 6.83. The number of ether oxygens (including phenoxy) is 3. The van der Waals surface area contributed by atoms with Gasteiger partial charge < -0.3 is 24.4 Å². The van der Waals surface area contributed by atoms with E-state index in [1.54, 1.807) is 36.3 Å². The van der Waals surface area contributed by atoms with Gasteiger partial charge in [0, 0.05) is 12.2 Å². The lowest BCUT2D eigenvalue weighted by Gasteiger charge is -2.29. The second-order valence-corrected chi connectivity index (χ2v) is 7.77. The Bertz CT molecular complexity index is 1050. The molecule has 7 nitrogen and oxygen atoms in total. The van der Waals surface area contributed by atoms with Crippen LogP contribution in [0.4, 0.5) is 11.4 Å². The van der Waals surface area contributed by atoms with Crippen molar-refractivity contribution in [1.82, 2.24) is 0 Å². The van der Waals surface area contributed by atoms with Gasteiger partial charge in [0.1, 0.15) is 17.2 Å². The van der Waals surface area contributed by atoms with Gasteiger partial charge in [-0.2, -0.15) is 0 Å². The van der Waals surface area contributed by atoms with Gasteiger partial charge in [0.2, 0.25) is 0 Å². The number of hydrogen-bond donors (Lipinski definition) is 1. The lowest BCUT2D eigenvalue weighted by atomic mass is 10.2. The molecule has 1 aromatic heterocycles. The predicted octanol–water partition coefficient (Wildman–Crippen LogP) is 4.20. The lowest BCUT2D eigenvalue weighted by molar-refractivity contribution is -0.121. The van der Waals surface area contributed by atoms with E-state index in [2.05, 4.69) is 5.32 Å². The van der Waals surface area contributed by atoms with Crippen LogP contribution in [-0.2, 0) is 4.79 Å². The lowest BCUT2D eigenvalue weighted by Crippen LogP contribution is -2.39. The number of rotatable bonds is 8. The van der Waals surface area contributed by atoms with Crippen molar-refractivity contribution < 1.29 is 23.8 Å². The molecule has 2 heterocycles. The predicted molar refractivity (Wildman–Crippen MR) is 120 cm³/mol. The summed E-state index contributed by atoms with van der Waals surface area (Å²) in [7, 11) is 1.62. The zero-order chi connectivity index (χ0) is 21.6. The first kappa shape index (κ1) is 20.7. The van der Waals surface area contributed by atoms with Crippen LogP contribution in [0.15, 0.2) is 60.0 Å². The van der Waals surface area contributed by atoms with Crippen molar-refractivity contribution in [3.05, 3.63) is 64.9 Å². The summed E-state index contributed by atoms with van der Waals surface area (Å²) in [6.07, 6.45) is 0.642. The normalized spacial score (nSPS) is 12.7. The molecule has 0 aliphatic carbocycles. The number of anilines is 2. The van der Waals surface area contributed by atoms with Gasteiger partial charge in [0.15, 0.2) is 6.61 Å². The highest BCUT2D eigenvalue weighted by Crippen LogP contribution is 2.35. The van der Waals surface area contributed by atoms with E-state index in [0.717, 1.165) is 11.5 Å². The number of thiophene rings is 1. The largest absolute Gasteiger partial charge is 0.497 e. The molecule has 0 bridgehead atoms. The minimum atomic E-state index is -0.183. The summed E-state index contributed by atoms with van der Waals surface area (Å²) >= 11 is 1.37. The summed E-state index contributed by atoms with van der Waals surface area (Å²) in [5, 5.41) is 4.72. The molecule has 2 aromatic carbocycles. The van der Waals surface area contributed by atoms with Crippen LogP contribution in [0.3, 0.4) is 0 Å². The monoisotopic (exact) mass is 438 g/mol. The average molecular weight is 439 g/mol. The van der Waals surface area contributed by atoms with Gasteiger partial charge in [-0.15, -0.1) is 11.3 Å². The maximum Gasteiger partial charge on any atom is 0.265 e. The molecule has 2 amide bonds. The van der Waals surface area contributed by atoms with E-state index < -0.39 is 0 Å². The zero-order valence-corrected chi connectivity index (χ0v) is 17.8. The Labute approximate surface area is 184 Å². The number of benzene rings is 2. The molecule has 1 N–H and O–H groups in total. The molecule has 3 aromatic rings. The highest BCUT2D eigenvalue weighted by Gasteiger charge is 2.25. The molecule has 0 saturated heterocycles. The van der Waals surface area contributed by atoms with E-state index >= 15 is 0 Å². The molecule has 0 radical (unpaired) electrons. The molecule has 0 atom stereocenters. The van der Waals surface area contributed by atoms with Crippen molar-refractivity contribution in [2.75, 3.05) is 37.1 Å². The summed E-state index contributed by atoms with van der Waals surface area (Å²) < 4.78 is 16.4. The molecular formula is C23H22N2O5S. The number of carbonyl (C=O) groups excluding carboxylic acids is 2. The standard InChI is InChI=1S/C23H22N2O5S/c1-28-17-6-8-18(9-7-17)29-12-3-11-25-19-14-16(5-10-20(19)30-15-22(25)26)24-23(27)21-4-2-13-31-21/h2,4-10,13-14H,3,11-12,15H2,1H3,(H,24,27). The van der Waals surface area contributed by atoms with E-state index in [1.165, 1.54) is 11.3 Å². The first-order valence-corrected chi connectivity index (χ1v) is 10.7. The Morgan fingerprint density at radius 3 is 2.71 bits per heavy atom. The van der Waals surface area contributed by atoms with Gasteiger partial charge in [-0.25, -0.2) is 0 Å². The first-order valence-electron chi connectivity index (χ1n) is 9.83. The Morgan fingerprint density at radius 2 is 1.97 bits per heavy atom. The van der Waals surface area contributed by atoms with Crippen molar-refractivity contribution >= 4 is 34.5 Å². The van der Waals surface area contributed by atoms with Crippen LogP contribution in [0.25, 0.3) is 0 Å². The van der Waals surface area contributed by atoms with Gasteiger partial charge in [-0.05, 0) is 60.3 Å². The van der Waals surface area contributed by atoms with Crippen LogP contribution in [0, 0.1) is 0 Å². The van der Waals surface area contributed by atoms with Crippen LogP contribution in [0.1, 0.15) is 16.1 Å². The molecule has 0 unspecified atom stereocenters. The Balaban J connectivity index is 1.39. The van der Waals surface area contributed by atoms with Gasteiger partial charge in [0.25, 0.3) is 11.8 Å². The van der Waals surface area contributed by atoms with Crippen molar-refractivity contribution in [1.29, 1.82) is 0 Å². The van der Waals surface area contributed by atoms with Crippen molar-refractivity contribution in [2.45, 2.75) is 6.42 Å². The quantitative estimate of drug-likeness (QED) is 0.534. The number of methoxy groups -OCH3 is 1. The molecular weight excluding hydrogens is 416 g/mol. The minimum absolute atomic E-state index is 0.00671. The maximum atomic E-state index is 12.5. The van der Waals surface area contributed by atoms with Crippen LogP contribution in [-0.4, -0.2) is 38.7 Å². The van der Waals surface area contributed by atoms with Crippen molar-refractivity contribution in [3.8, 4) is 17.2 Å². The highest BCUT2D eigenvalue weighted by atomic mass is 32.1. The SMILES string of the molecule is COc1ccc(OCCCN2C(=O)COc3ccc(NC(=O)c4cccs4)cc32)cc1.